The van der Waals surface area contributed by atoms with Crippen molar-refractivity contribution in [2.24, 2.45) is 0 Å². The van der Waals surface area contributed by atoms with E-state index in [0.29, 0.717) is 0 Å². The molecule has 0 aliphatic rings. The SMILES string of the molecule is Cc1ccnc(-c2cc(CI)ccn2)c1. The second kappa shape index (κ2) is 4.70. The summed E-state index contributed by atoms with van der Waals surface area (Å²) >= 11 is 2.35. The van der Waals surface area contributed by atoms with E-state index in [-0.39, 0.29) is 0 Å². The molecular formula is C12H11IN2. The topological polar surface area (TPSA) is 25.8 Å². The summed E-state index contributed by atoms with van der Waals surface area (Å²) in [6.07, 6.45) is 3.66. The highest BCUT2D eigenvalue weighted by molar-refractivity contribution is 14.1. The number of hydrogen-bond donors (Lipinski definition) is 0. The lowest BCUT2D eigenvalue weighted by Crippen LogP contribution is -1.89. The molecule has 0 aliphatic carbocycles. The maximum Gasteiger partial charge on any atom is 0.0889 e. The number of rotatable bonds is 2. The van der Waals surface area contributed by atoms with E-state index in [9.17, 15) is 0 Å². The number of hydrogen-bond acceptors (Lipinski definition) is 2. The molecule has 0 radical (unpaired) electrons. The van der Waals surface area contributed by atoms with Crippen LogP contribution in [-0.4, -0.2) is 9.97 Å². The summed E-state index contributed by atoms with van der Waals surface area (Å²) < 4.78 is 0.999. The molecule has 0 saturated heterocycles. The summed E-state index contributed by atoms with van der Waals surface area (Å²) in [4.78, 5) is 8.65. The first-order valence-corrected chi connectivity index (χ1v) is 6.26. The molecule has 0 bridgehead atoms. The van der Waals surface area contributed by atoms with Crippen LogP contribution in [0.15, 0.2) is 36.7 Å². The van der Waals surface area contributed by atoms with E-state index in [1.165, 1.54) is 11.1 Å². The van der Waals surface area contributed by atoms with Crippen LogP contribution < -0.4 is 0 Å². The summed E-state index contributed by atoms with van der Waals surface area (Å²) in [6.45, 7) is 2.06. The van der Waals surface area contributed by atoms with E-state index in [1.807, 2.05) is 24.5 Å². The molecule has 0 aliphatic heterocycles. The van der Waals surface area contributed by atoms with Crippen LogP contribution >= 0.6 is 22.6 Å². The van der Waals surface area contributed by atoms with Crippen molar-refractivity contribution in [2.45, 2.75) is 11.4 Å². The molecule has 0 atom stereocenters. The van der Waals surface area contributed by atoms with Crippen LogP contribution in [0.2, 0.25) is 0 Å². The first-order chi connectivity index (χ1) is 7.29. The van der Waals surface area contributed by atoms with E-state index < -0.39 is 0 Å². The zero-order valence-corrected chi connectivity index (χ0v) is 10.6. The van der Waals surface area contributed by atoms with Crippen LogP contribution in [0.4, 0.5) is 0 Å². The average Bonchev–Trinajstić information content (AvgIpc) is 2.29. The van der Waals surface area contributed by atoms with Crippen molar-refractivity contribution >= 4 is 22.6 Å². The van der Waals surface area contributed by atoms with Gasteiger partial charge in [0.05, 0.1) is 11.4 Å². The molecule has 0 saturated carbocycles. The smallest absolute Gasteiger partial charge is 0.0889 e. The van der Waals surface area contributed by atoms with Gasteiger partial charge >= 0.3 is 0 Å². The van der Waals surface area contributed by atoms with Crippen LogP contribution in [0.1, 0.15) is 11.1 Å². The Balaban J connectivity index is 2.44. The molecule has 0 amide bonds. The third-order valence-corrected chi connectivity index (χ3v) is 3.04. The van der Waals surface area contributed by atoms with Crippen LogP contribution in [-0.2, 0) is 4.43 Å². The predicted octanol–water partition coefficient (Wildman–Crippen LogP) is 3.39. The lowest BCUT2D eigenvalue weighted by molar-refractivity contribution is 1.21. The first-order valence-electron chi connectivity index (χ1n) is 4.73. The molecule has 0 aromatic carbocycles. The molecule has 0 spiro atoms. The number of pyridine rings is 2. The normalized spacial score (nSPS) is 10.3. The second-order valence-electron chi connectivity index (χ2n) is 3.40. The van der Waals surface area contributed by atoms with Crippen molar-refractivity contribution in [3.63, 3.8) is 0 Å². The Morgan fingerprint density at radius 3 is 2.40 bits per heavy atom. The van der Waals surface area contributed by atoms with E-state index in [1.54, 1.807) is 0 Å². The molecule has 0 N–H and O–H groups in total. The molecule has 2 aromatic rings. The Labute approximate surface area is 103 Å². The van der Waals surface area contributed by atoms with Gasteiger partial charge in [0.2, 0.25) is 0 Å². The molecule has 15 heavy (non-hydrogen) atoms. The van der Waals surface area contributed by atoms with Gasteiger partial charge in [0.15, 0.2) is 0 Å². The van der Waals surface area contributed by atoms with Gasteiger partial charge in [0.1, 0.15) is 0 Å². The molecule has 0 fully saturated rings. The highest BCUT2D eigenvalue weighted by Gasteiger charge is 2.01. The van der Waals surface area contributed by atoms with Crippen LogP contribution in [0, 0.1) is 6.92 Å². The maximum atomic E-state index is 4.33. The fourth-order valence-corrected chi connectivity index (χ4v) is 1.85. The van der Waals surface area contributed by atoms with Gasteiger partial charge in [-0.1, -0.05) is 22.6 Å². The monoisotopic (exact) mass is 310 g/mol. The van der Waals surface area contributed by atoms with Crippen molar-refractivity contribution in [2.75, 3.05) is 0 Å². The van der Waals surface area contributed by atoms with Crippen molar-refractivity contribution in [3.8, 4) is 11.4 Å². The van der Waals surface area contributed by atoms with Gasteiger partial charge in [-0.25, -0.2) is 0 Å². The van der Waals surface area contributed by atoms with E-state index in [4.69, 9.17) is 0 Å². The molecule has 2 nitrogen and oxygen atoms in total. The molecule has 2 rings (SSSR count). The van der Waals surface area contributed by atoms with Crippen molar-refractivity contribution in [1.82, 2.24) is 9.97 Å². The summed E-state index contributed by atoms with van der Waals surface area (Å²) in [5.74, 6) is 0. The Morgan fingerprint density at radius 2 is 1.73 bits per heavy atom. The maximum absolute atomic E-state index is 4.33. The lowest BCUT2D eigenvalue weighted by atomic mass is 10.1. The van der Waals surface area contributed by atoms with Gasteiger partial charge in [-0.15, -0.1) is 0 Å². The van der Waals surface area contributed by atoms with Crippen LogP contribution in [0.25, 0.3) is 11.4 Å². The van der Waals surface area contributed by atoms with Gasteiger partial charge in [-0.05, 0) is 42.3 Å². The zero-order valence-electron chi connectivity index (χ0n) is 8.44. The zero-order chi connectivity index (χ0) is 10.7. The predicted molar refractivity (Wildman–Crippen MR) is 69.9 cm³/mol. The molecule has 3 heteroatoms. The summed E-state index contributed by atoms with van der Waals surface area (Å²) in [6, 6.07) is 8.17. The van der Waals surface area contributed by atoms with Crippen molar-refractivity contribution in [3.05, 3.63) is 47.8 Å². The molecule has 76 valence electrons. The fraction of sp³-hybridized carbons (Fsp3) is 0.167. The highest BCUT2D eigenvalue weighted by Crippen LogP contribution is 2.17. The van der Waals surface area contributed by atoms with Gasteiger partial charge in [-0.2, -0.15) is 0 Å². The molecule has 0 unspecified atom stereocenters. The lowest BCUT2D eigenvalue weighted by Gasteiger charge is -2.02. The van der Waals surface area contributed by atoms with E-state index >= 15 is 0 Å². The van der Waals surface area contributed by atoms with Gasteiger partial charge in [0, 0.05) is 16.8 Å². The van der Waals surface area contributed by atoms with Gasteiger partial charge in [-0.3, -0.25) is 9.97 Å². The Kier molecular flexibility index (Phi) is 3.30. The van der Waals surface area contributed by atoms with E-state index in [2.05, 4.69) is 51.6 Å². The third kappa shape index (κ3) is 2.53. The largest absolute Gasteiger partial charge is 0.255 e. The second-order valence-corrected chi connectivity index (χ2v) is 4.16. The Hall–Kier alpha value is -0.970. The number of halogens is 1. The quantitative estimate of drug-likeness (QED) is 0.628. The Morgan fingerprint density at radius 1 is 1.07 bits per heavy atom. The molecule has 2 heterocycles. The summed E-state index contributed by atoms with van der Waals surface area (Å²) in [5.41, 5.74) is 4.39. The Bertz CT molecular complexity index is 469. The third-order valence-electron chi connectivity index (χ3n) is 2.16. The van der Waals surface area contributed by atoms with Gasteiger partial charge in [0.25, 0.3) is 0 Å². The number of alkyl halides is 1. The van der Waals surface area contributed by atoms with E-state index in [0.717, 1.165) is 15.8 Å². The van der Waals surface area contributed by atoms with Gasteiger partial charge < -0.3 is 0 Å². The summed E-state index contributed by atoms with van der Waals surface area (Å²) in [7, 11) is 0. The molecule has 2 aromatic heterocycles. The number of nitrogens with zero attached hydrogens (tertiary/aromatic N) is 2. The standard InChI is InChI=1S/C12H11IN2/c1-9-2-4-14-11(6-9)12-7-10(8-13)3-5-15-12/h2-7H,8H2,1H3. The number of aryl methyl sites for hydroxylation is 1. The van der Waals surface area contributed by atoms with Crippen LogP contribution in [0.3, 0.4) is 0 Å². The first kappa shape index (κ1) is 10.5. The number of aromatic nitrogens is 2. The van der Waals surface area contributed by atoms with Crippen molar-refractivity contribution < 1.29 is 0 Å². The average molecular weight is 310 g/mol. The molecular weight excluding hydrogens is 299 g/mol. The minimum atomic E-state index is 0.946. The highest BCUT2D eigenvalue weighted by atomic mass is 127. The van der Waals surface area contributed by atoms with Crippen molar-refractivity contribution in [1.29, 1.82) is 0 Å². The van der Waals surface area contributed by atoms with Crippen LogP contribution in [0.5, 0.6) is 0 Å². The fourth-order valence-electron chi connectivity index (χ4n) is 1.37. The minimum absolute atomic E-state index is 0.946. The summed E-state index contributed by atoms with van der Waals surface area (Å²) in [5, 5.41) is 0. The minimum Gasteiger partial charge on any atom is -0.255 e.